The predicted octanol–water partition coefficient (Wildman–Crippen LogP) is 4.47. The van der Waals surface area contributed by atoms with Crippen LogP contribution >= 0.6 is 11.3 Å². The zero-order chi connectivity index (χ0) is 22.9. The summed E-state index contributed by atoms with van der Waals surface area (Å²) in [6.07, 6.45) is 0.873. The van der Waals surface area contributed by atoms with Crippen LogP contribution in [0, 0.1) is 0 Å². The highest BCUT2D eigenvalue weighted by atomic mass is 32.1. The third-order valence-electron chi connectivity index (χ3n) is 6.10. The van der Waals surface area contributed by atoms with Crippen LogP contribution in [-0.2, 0) is 19.5 Å². The summed E-state index contributed by atoms with van der Waals surface area (Å²) in [5.74, 6) is 0.629. The SMILES string of the molecule is COc1ccc(-c2c3c(nc4sc(C(=O)NCc5ccccc5)c(N)c24)CCN(C)C3)cc1. The Labute approximate surface area is 197 Å². The molecule has 0 spiro atoms. The molecule has 33 heavy (non-hydrogen) atoms. The molecule has 0 bridgehead atoms. The summed E-state index contributed by atoms with van der Waals surface area (Å²) < 4.78 is 5.35. The van der Waals surface area contributed by atoms with Crippen LogP contribution in [-0.4, -0.2) is 36.5 Å². The number of hydrogen-bond donors (Lipinski definition) is 2. The van der Waals surface area contributed by atoms with Crippen LogP contribution in [0.5, 0.6) is 5.75 Å². The fourth-order valence-electron chi connectivity index (χ4n) is 4.36. The number of anilines is 1. The molecule has 168 valence electrons. The minimum atomic E-state index is -0.171. The molecule has 0 fully saturated rings. The van der Waals surface area contributed by atoms with Crippen molar-refractivity contribution < 1.29 is 9.53 Å². The maximum absolute atomic E-state index is 13.1. The number of pyridine rings is 1. The van der Waals surface area contributed by atoms with Gasteiger partial charge in [-0.05, 0) is 35.9 Å². The third kappa shape index (κ3) is 4.05. The van der Waals surface area contributed by atoms with Gasteiger partial charge in [-0.2, -0.15) is 0 Å². The van der Waals surface area contributed by atoms with Gasteiger partial charge in [-0.25, -0.2) is 4.98 Å². The van der Waals surface area contributed by atoms with Crippen LogP contribution < -0.4 is 15.8 Å². The van der Waals surface area contributed by atoms with Crippen molar-refractivity contribution in [1.29, 1.82) is 0 Å². The van der Waals surface area contributed by atoms with Crippen molar-refractivity contribution in [2.45, 2.75) is 19.5 Å². The molecule has 0 unspecified atom stereocenters. The molecule has 3 heterocycles. The Kier molecular flexibility index (Phi) is 5.74. The molecule has 0 saturated carbocycles. The summed E-state index contributed by atoms with van der Waals surface area (Å²) in [5.41, 5.74) is 12.6. The minimum Gasteiger partial charge on any atom is -0.497 e. The number of carbonyl (C=O) groups is 1. The third-order valence-corrected chi connectivity index (χ3v) is 7.20. The Morgan fingerprint density at radius 3 is 2.67 bits per heavy atom. The number of nitrogens with one attached hydrogen (secondary N) is 1. The summed E-state index contributed by atoms with van der Waals surface area (Å²) in [5, 5.41) is 3.87. The lowest BCUT2D eigenvalue weighted by atomic mass is 9.92. The summed E-state index contributed by atoms with van der Waals surface area (Å²) in [4.78, 5) is 21.7. The smallest absolute Gasteiger partial charge is 0.263 e. The van der Waals surface area contributed by atoms with E-state index in [2.05, 4.69) is 29.4 Å². The average Bonchev–Trinajstić information content (AvgIpc) is 3.18. The molecule has 2 aromatic heterocycles. The Morgan fingerprint density at radius 1 is 1.18 bits per heavy atom. The zero-order valence-corrected chi connectivity index (χ0v) is 19.5. The molecule has 2 aromatic carbocycles. The highest BCUT2D eigenvalue weighted by molar-refractivity contribution is 7.21. The molecule has 5 rings (SSSR count). The maximum Gasteiger partial charge on any atom is 0.263 e. The number of hydrogen-bond acceptors (Lipinski definition) is 6. The summed E-state index contributed by atoms with van der Waals surface area (Å²) in [6.45, 7) is 2.21. The molecule has 0 atom stereocenters. The largest absolute Gasteiger partial charge is 0.497 e. The van der Waals surface area contributed by atoms with Crippen LogP contribution in [0.3, 0.4) is 0 Å². The molecule has 4 aromatic rings. The van der Waals surface area contributed by atoms with Gasteiger partial charge in [0.25, 0.3) is 5.91 Å². The van der Waals surface area contributed by atoms with Crippen molar-refractivity contribution in [3.63, 3.8) is 0 Å². The number of aromatic nitrogens is 1. The van der Waals surface area contributed by atoms with Gasteiger partial charge in [-0.1, -0.05) is 42.5 Å². The van der Waals surface area contributed by atoms with Crippen molar-refractivity contribution in [2.24, 2.45) is 0 Å². The van der Waals surface area contributed by atoms with E-state index in [1.165, 1.54) is 16.9 Å². The van der Waals surface area contributed by atoms with Gasteiger partial charge >= 0.3 is 0 Å². The number of benzene rings is 2. The molecule has 3 N–H and O–H groups in total. The lowest BCUT2D eigenvalue weighted by Gasteiger charge is -2.27. The van der Waals surface area contributed by atoms with E-state index in [1.807, 2.05) is 42.5 Å². The summed E-state index contributed by atoms with van der Waals surface area (Å²) in [7, 11) is 3.78. The second-order valence-electron chi connectivity index (χ2n) is 8.32. The lowest BCUT2D eigenvalue weighted by Crippen LogP contribution is -2.28. The number of ether oxygens (including phenoxy) is 1. The van der Waals surface area contributed by atoms with Crippen LogP contribution in [0.4, 0.5) is 5.69 Å². The fraction of sp³-hybridized carbons (Fsp3) is 0.231. The number of thiophene rings is 1. The minimum absolute atomic E-state index is 0.171. The number of amides is 1. The standard InChI is InChI=1S/C26H26N4O2S/c1-30-13-12-20-19(15-30)21(17-8-10-18(32-2)11-9-17)22-23(27)24(33-26(22)29-20)25(31)28-14-16-6-4-3-5-7-16/h3-11H,12-15,27H2,1-2H3,(H,28,31). The first-order valence-corrected chi connectivity index (χ1v) is 11.8. The van der Waals surface area contributed by atoms with Crippen molar-refractivity contribution in [1.82, 2.24) is 15.2 Å². The van der Waals surface area contributed by atoms with E-state index >= 15 is 0 Å². The molecule has 0 aliphatic carbocycles. The first kappa shape index (κ1) is 21.4. The van der Waals surface area contributed by atoms with Crippen molar-refractivity contribution in [2.75, 3.05) is 26.4 Å². The number of rotatable bonds is 5. The molecule has 0 radical (unpaired) electrons. The average molecular weight is 459 g/mol. The lowest BCUT2D eigenvalue weighted by molar-refractivity contribution is 0.0956. The van der Waals surface area contributed by atoms with Crippen molar-refractivity contribution in [3.05, 3.63) is 76.3 Å². The normalized spacial score (nSPS) is 13.6. The van der Waals surface area contributed by atoms with E-state index < -0.39 is 0 Å². The van der Waals surface area contributed by atoms with E-state index in [-0.39, 0.29) is 5.91 Å². The molecule has 0 saturated heterocycles. The van der Waals surface area contributed by atoms with E-state index in [1.54, 1.807) is 7.11 Å². The van der Waals surface area contributed by atoms with Crippen molar-refractivity contribution in [3.8, 4) is 16.9 Å². The fourth-order valence-corrected chi connectivity index (χ4v) is 5.40. The molecule has 1 aliphatic rings. The number of nitrogens with zero attached hydrogens (tertiary/aromatic N) is 2. The molecule has 1 amide bonds. The van der Waals surface area contributed by atoms with E-state index in [4.69, 9.17) is 15.5 Å². The highest BCUT2D eigenvalue weighted by Crippen LogP contribution is 2.43. The molecular weight excluding hydrogens is 432 g/mol. The Balaban J connectivity index is 1.61. The van der Waals surface area contributed by atoms with Gasteiger partial charge in [0.2, 0.25) is 0 Å². The highest BCUT2D eigenvalue weighted by Gasteiger charge is 2.27. The predicted molar refractivity (Wildman–Crippen MR) is 134 cm³/mol. The van der Waals surface area contributed by atoms with Gasteiger partial charge in [-0.3, -0.25) is 4.79 Å². The van der Waals surface area contributed by atoms with Gasteiger partial charge in [0.1, 0.15) is 15.5 Å². The van der Waals surface area contributed by atoms with Gasteiger partial charge in [0, 0.05) is 42.7 Å². The van der Waals surface area contributed by atoms with E-state index in [0.29, 0.717) is 17.1 Å². The topological polar surface area (TPSA) is 80.5 Å². The number of nitrogens with two attached hydrogens (primary N) is 1. The van der Waals surface area contributed by atoms with Crippen LogP contribution in [0.1, 0.15) is 26.5 Å². The Morgan fingerprint density at radius 2 is 1.94 bits per heavy atom. The van der Waals surface area contributed by atoms with Crippen LogP contribution in [0.15, 0.2) is 54.6 Å². The number of carbonyl (C=O) groups excluding carboxylic acids is 1. The second-order valence-corrected chi connectivity index (χ2v) is 9.32. The second kappa shape index (κ2) is 8.84. The van der Waals surface area contributed by atoms with Gasteiger partial charge in [0.05, 0.1) is 12.8 Å². The number of methoxy groups -OCH3 is 1. The first-order chi connectivity index (χ1) is 16.0. The van der Waals surface area contributed by atoms with Crippen molar-refractivity contribution >= 4 is 33.1 Å². The number of fused-ring (bicyclic) bond motifs is 2. The summed E-state index contributed by atoms with van der Waals surface area (Å²) >= 11 is 1.37. The van der Waals surface area contributed by atoms with Crippen LogP contribution in [0.25, 0.3) is 21.3 Å². The molecular formula is C26H26N4O2S. The van der Waals surface area contributed by atoms with Crippen LogP contribution in [0.2, 0.25) is 0 Å². The summed E-state index contributed by atoms with van der Waals surface area (Å²) in [6, 6.07) is 17.9. The Hall–Kier alpha value is -3.42. The molecule has 1 aliphatic heterocycles. The van der Waals surface area contributed by atoms with Gasteiger partial charge in [0.15, 0.2) is 0 Å². The van der Waals surface area contributed by atoms with E-state index in [0.717, 1.165) is 57.9 Å². The quantitative estimate of drug-likeness (QED) is 0.461. The zero-order valence-electron chi connectivity index (χ0n) is 18.7. The Bertz CT molecular complexity index is 1320. The first-order valence-electron chi connectivity index (χ1n) is 10.9. The number of nitrogen functional groups attached to an aromatic ring is 1. The molecule has 6 nitrogen and oxygen atoms in total. The maximum atomic E-state index is 13.1. The van der Waals surface area contributed by atoms with Gasteiger partial charge in [-0.15, -0.1) is 11.3 Å². The molecule has 7 heteroatoms. The van der Waals surface area contributed by atoms with Gasteiger partial charge < -0.3 is 20.7 Å². The van der Waals surface area contributed by atoms with E-state index in [9.17, 15) is 4.79 Å². The number of likely N-dealkylation sites (N-methyl/N-ethyl adjacent to an activating group) is 1. The monoisotopic (exact) mass is 458 g/mol.